The first-order valence-corrected chi connectivity index (χ1v) is 6.02. The largest absolute Gasteiger partial charge is 0.300 e. The lowest BCUT2D eigenvalue weighted by Crippen LogP contribution is -2.20. The summed E-state index contributed by atoms with van der Waals surface area (Å²) in [7, 11) is 0. The second kappa shape index (κ2) is 5.76. The SMILES string of the molecule is CC(=O)CCC(=Nc1ccccc1)C(C)(C)C. The minimum atomic E-state index is 0.00525. The summed E-state index contributed by atoms with van der Waals surface area (Å²) in [6, 6.07) is 9.90. The maximum Gasteiger partial charge on any atom is 0.130 e. The Morgan fingerprint density at radius 3 is 2.18 bits per heavy atom. The van der Waals surface area contributed by atoms with Gasteiger partial charge in [0.25, 0.3) is 0 Å². The van der Waals surface area contributed by atoms with Crippen molar-refractivity contribution in [2.75, 3.05) is 0 Å². The lowest BCUT2D eigenvalue weighted by Gasteiger charge is -2.21. The summed E-state index contributed by atoms with van der Waals surface area (Å²) in [4.78, 5) is 15.7. The second-order valence-electron chi connectivity index (χ2n) is 5.35. The molecule has 0 aliphatic heterocycles. The zero-order chi connectivity index (χ0) is 12.9. The molecule has 2 nitrogen and oxygen atoms in total. The zero-order valence-electron chi connectivity index (χ0n) is 11.2. The van der Waals surface area contributed by atoms with E-state index in [0.29, 0.717) is 6.42 Å². The first kappa shape index (κ1) is 13.6. The molecule has 2 heteroatoms. The van der Waals surface area contributed by atoms with Gasteiger partial charge in [-0.2, -0.15) is 0 Å². The molecule has 0 saturated heterocycles. The molecule has 0 unspecified atom stereocenters. The number of ketones is 1. The van der Waals surface area contributed by atoms with Crippen LogP contribution < -0.4 is 0 Å². The van der Waals surface area contributed by atoms with Crippen molar-refractivity contribution in [3.8, 4) is 0 Å². The molecule has 0 heterocycles. The zero-order valence-corrected chi connectivity index (χ0v) is 11.2. The Hall–Kier alpha value is -1.44. The molecule has 0 fully saturated rings. The smallest absolute Gasteiger partial charge is 0.130 e. The summed E-state index contributed by atoms with van der Waals surface area (Å²) < 4.78 is 0. The number of Topliss-reactive ketones (excluding diaryl/α,β-unsaturated/α-hetero) is 1. The molecule has 0 N–H and O–H groups in total. The van der Waals surface area contributed by atoms with Crippen LogP contribution in [0.15, 0.2) is 35.3 Å². The lowest BCUT2D eigenvalue weighted by molar-refractivity contribution is -0.116. The molecule has 1 aromatic rings. The highest BCUT2D eigenvalue weighted by molar-refractivity contribution is 5.93. The van der Waals surface area contributed by atoms with Crippen molar-refractivity contribution in [1.29, 1.82) is 0 Å². The lowest BCUT2D eigenvalue weighted by atomic mass is 9.86. The fourth-order valence-corrected chi connectivity index (χ4v) is 1.55. The second-order valence-corrected chi connectivity index (χ2v) is 5.35. The van der Waals surface area contributed by atoms with E-state index in [4.69, 9.17) is 0 Å². The number of carbonyl (C=O) groups excluding carboxylic acids is 1. The van der Waals surface area contributed by atoms with Crippen molar-refractivity contribution in [3.05, 3.63) is 30.3 Å². The number of benzene rings is 1. The van der Waals surface area contributed by atoms with Crippen LogP contribution in [0.3, 0.4) is 0 Å². The van der Waals surface area contributed by atoms with Crippen LogP contribution in [-0.2, 0) is 4.79 Å². The molecule has 0 aromatic heterocycles. The molecule has 92 valence electrons. The number of aliphatic imine (C=N–C) groups is 1. The van der Waals surface area contributed by atoms with Gasteiger partial charge < -0.3 is 4.79 Å². The van der Waals surface area contributed by atoms with Gasteiger partial charge in [-0.1, -0.05) is 39.0 Å². The van der Waals surface area contributed by atoms with E-state index in [-0.39, 0.29) is 11.2 Å². The third-order valence-corrected chi connectivity index (χ3v) is 2.60. The standard InChI is InChI=1S/C15H21NO/c1-12(17)10-11-14(15(2,3)4)16-13-8-6-5-7-9-13/h5-9H,10-11H2,1-4H3. The quantitative estimate of drug-likeness (QED) is 0.715. The number of rotatable bonds is 4. The van der Waals surface area contributed by atoms with Gasteiger partial charge in [-0.25, -0.2) is 0 Å². The predicted octanol–water partition coefficient (Wildman–Crippen LogP) is 4.17. The maximum absolute atomic E-state index is 11.1. The Morgan fingerprint density at radius 1 is 1.12 bits per heavy atom. The number of hydrogen-bond donors (Lipinski definition) is 0. The first-order chi connectivity index (χ1) is 7.89. The predicted molar refractivity (Wildman–Crippen MR) is 72.9 cm³/mol. The van der Waals surface area contributed by atoms with Crippen LogP contribution in [0.25, 0.3) is 0 Å². The molecule has 0 aliphatic carbocycles. The van der Waals surface area contributed by atoms with Crippen molar-refractivity contribution in [2.45, 2.75) is 40.5 Å². The van der Waals surface area contributed by atoms with Gasteiger partial charge in [0.15, 0.2) is 0 Å². The highest BCUT2D eigenvalue weighted by atomic mass is 16.1. The monoisotopic (exact) mass is 231 g/mol. The molecule has 0 saturated carbocycles. The Bertz CT molecular complexity index is 399. The van der Waals surface area contributed by atoms with E-state index in [1.807, 2.05) is 30.3 Å². The fourth-order valence-electron chi connectivity index (χ4n) is 1.55. The summed E-state index contributed by atoms with van der Waals surface area (Å²) in [5.41, 5.74) is 2.05. The van der Waals surface area contributed by atoms with Gasteiger partial charge in [0.2, 0.25) is 0 Å². The van der Waals surface area contributed by atoms with E-state index in [2.05, 4.69) is 25.8 Å². The van der Waals surface area contributed by atoms with E-state index in [0.717, 1.165) is 17.8 Å². The summed E-state index contributed by atoms with van der Waals surface area (Å²) in [5.74, 6) is 0.218. The number of nitrogens with zero attached hydrogens (tertiary/aromatic N) is 1. The number of carbonyl (C=O) groups is 1. The molecular weight excluding hydrogens is 210 g/mol. The van der Waals surface area contributed by atoms with Crippen LogP contribution in [0, 0.1) is 5.41 Å². The Morgan fingerprint density at radius 2 is 1.71 bits per heavy atom. The summed E-state index contributed by atoms with van der Waals surface area (Å²) >= 11 is 0. The topological polar surface area (TPSA) is 29.4 Å². The molecule has 0 spiro atoms. The third-order valence-electron chi connectivity index (χ3n) is 2.60. The van der Waals surface area contributed by atoms with Crippen molar-refractivity contribution < 1.29 is 4.79 Å². The van der Waals surface area contributed by atoms with E-state index in [1.165, 1.54) is 0 Å². The number of hydrogen-bond acceptors (Lipinski definition) is 2. The van der Waals surface area contributed by atoms with Crippen molar-refractivity contribution >= 4 is 17.2 Å². The molecule has 0 amide bonds. The van der Waals surface area contributed by atoms with Crippen LogP contribution in [0.1, 0.15) is 40.5 Å². The van der Waals surface area contributed by atoms with Crippen LogP contribution in [0.4, 0.5) is 5.69 Å². The van der Waals surface area contributed by atoms with Crippen LogP contribution >= 0.6 is 0 Å². The third kappa shape index (κ3) is 4.94. The summed E-state index contributed by atoms with van der Waals surface area (Å²) in [6.07, 6.45) is 1.32. The molecule has 0 bridgehead atoms. The van der Waals surface area contributed by atoms with E-state index in [9.17, 15) is 4.79 Å². The average Bonchev–Trinajstić information content (AvgIpc) is 2.23. The molecular formula is C15H21NO. The normalized spacial score (nSPS) is 12.6. The summed E-state index contributed by atoms with van der Waals surface area (Å²) in [6.45, 7) is 8.03. The van der Waals surface area contributed by atoms with Crippen molar-refractivity contribution in [1.82, 2.24) is 0 Å². The van der Waals surface area contributed by atoms with Gasteiger partial charge in [0.05, 0.1) is 5.69 Å². The molecule has 0 atom stereocenters. The van der Waals surface area contributed by atoms with Gasteiger partial charge >= 0.3 is 0 Å². The van der Waals surface area contributed by atoms with E-state index >= 15 is 0 Å². The highest BCUT2D eigenvalue weighted by Crippen LogP contribution is 2.23. The van der Waals surface area contributed by atoms with E-state index < -0.39 is 0 Å². The molecule has 0 aliphatic rings. The molecule has 0 radical (unpaired) electrons. The highest BCUT2D eigenvalue weighted by Gasteiger charge is 2.19. The van der Waals surface area contributed by atoms with Crippen LogP contribution in [-0.4, -0.2) is 11.5 Å². The minimum Gasteiger partial charge on any atom is -0.300 e. The maximum atomic E-state index is 11.1. The summed E-state index contributed by atoms with van der Waals surface area (Å²) in [5, 5.41) is 0. The Labute approximate surface area is 104 Å². The first-order valence-electron chi connectivity index (χ1n) is 6.02. The average molecular weight is 231 g/mol. The van der Waals surface area contributed by atoms with Crippen LogP contribution in [0.5, 0.6) is 0 Å². The molecule has 1 rings (SSSR count). The molecule has 1 aromatic carbocycles. The molecule has 17 heavy (non-hydrogen) atoms. The van der Waals surface area contributed by atoms with E-state index in [1.54, 1.807) is 6.92 Å². The fraction of sp³-hybridized carbons (Fsp3) is 0.467. The van der Waals surface area contributed by atoms with Crippen LogP contribution in [0.2, 0.25) is 0 Å². The van der Waals surface area contributed by atoms with Gasteiger partial charge in [-0.15, -0.1) is 0 Å². The Kier molecular flexibility index (Phi) is 4.62. The van der Waals surface area contributed by atoms with Crippen molar-refractivity contribution in [3.63, 3.8) is 0 Å². The number of para-hydroxylation sites is 1. The Balaban J connectivity index is 2.91. The van der Waals surface area contributed by atoms with Gasteiger partial charge in [-0.05, 0) is 25.5 Å². The van der Waals surface area contributed by atoms with Gasteiger partial charge in [-0.3, -0.25) is 4.99 Å². The minimum absolute atomic E-state index is 0.00525. The van der Waals surface area contributed by atoms with Gasteiger partial charge in [0.1, 0.15) is 5.78 Å². The van der Waals surface area contributed by atoms with Gasteiger partial charge in [0, 0.05) is 17.5 Å². The van der Waals surface area contributed by atoms with Crippen molar-refractivity contribution in [2.24, 2.45) is 10.4 Å².